The first-order valence-corrected chi connectivity index (χ1v) is 13.7. The predicted molar refractivity (Wildman–Crippen MR) is 134 cm³/mol. The fourth-order valence-corrected chi connectivity index (χ4v) is 7.26. The minimum Gasteiger partial charge on any atom is -0.355 e. The Labute approximate surface area is 198 Å². The van der Waals surface area contributed by atoms with Gasteiger partial charge in [-0.1, -0.05) is 29.8 Å². The standard InChI is InChI=1S/C24H27N5O2S2/c1-15-5-7-18(8-6-15)21-12-32-24-22(21)23(25-14-26-24)28(4)11-20-16(2)27-29(17(20)3)19-9-10-33(30,31)13-19/h5-8,12,14,19H,9-11,13H2,1-4H3/t19-/m0/s1. The van der Waals surface area contributed by atoms with E-state index in [1.54, 1.807) is 17.7 Å². The summed E-state index contributed by atoms with van der Waals surface area (Å²) in [6.45, 7) is 6.75. The first-order chi connectivity index (χ1) is 15.7. The van der Waals surface area contributed by atoms with E-state index in [2.05, 4.69) is 51.4 Å². The summed E-state index contributed by atoms with van der Waals surface area (Å²) in [5.41, 5.74) is 6.58. The molecule has 4 aromatic rings. The largest absolute Gasteiger partial charge is 0.355 e. The molecule has 5 rings (SSSR count). The van der Waals surface area contributed by atoms with Crippen molar-refractivity contribution in [3.05, 3.63) is 58.5 Å². The Kier molecular flexibility index (Phi) is 5.49. The molecule has 4 heterocycles. The van der Waals surface area contributed by atoms with Crippen LogP contribution in [0.25, 0.3) is 21.3 Å². The SMILES string of the molecule is Cc1ccc(-c2csc3ncnc(N(C)Cc4c(C)nn([C@H]5CCS(=O)(=O)C5)c4C)c23)cc1. The summed E-state index contributed by atoms with van der Waals surface area (Å²) >= 11 is 1.63. The Bertz CT molecular complexity index is 1440. The van der Waals surface area contributed by atoms with Crippen molar-refractivity contribution in [3.63, 3.8) is 0 Å². The molecule has 0 aliphatic carbocycles. The first-order valence-electron chi connectivity index (χ1n) is 11.0. The third kappa shape index (κ3) is 4.04. The Morgan fingerprint density at radius 3 is 2.61 bits per heavy atom. The van der Waals surface area contributed by atoms with Crippen molar-refractivity contribution in [1.82, 2.24) is 19.7 Å². The van der Waals surface area contributed by atoms with Crippen molar-refractivity contribution in [1.29, 1.82) is 0 Å². The Hall–Kier alpha value is -2.78. The monoisotopic (exact) mass is 481 g/mol. The summed E-state index contributed by atoms with van der Waals surface area (Å²) in [4.78, 5) is 12.3. The second-order valence-electron chi connectivity index (χ2n) is 8.90. The quantitative estimate of drug-likeness (QED) is 0.418. The van der Waals surface area contributed by atoms with Gasteiger partial charge in [-0.05, 0) is 32.8 Å². The van der Waals surface area contributed by atoms with Crippen LogP contribution in [0.2, 0.25) is 0 Å². The molecule has 0 amide bonds. The van der Waals surface area contributed by atoms with Gasteiger partial charge >= 0.3 is 0 Å². The Balaban J connectivity index is 1.50. The highest BCUT2D eigenvalue weighted by Crippen LogP contribution is 2.38. The van der Waals surface area contributed by atoms with Crippen LogP contribution in [0.5, 0.6) is 0 Å². The zero-order valence-electron chi connectivity index (χ0n) is 19.2. The fourth-order valence-electron chi connectivity index (χ4n) is 4.66. The predicted octanol–water partition coefficient (Wildman–Crippen LogP) is 4.48. The van der Waals surface area contributed by atoms with Crippen LogP contribution in [0.1, 0.15) is 35.0 Å². The molecule has 1 aliphatic rings. The summed E-state index contributed by atoms with van der Waals surface area (Å²) in [5.74, 6) is 1.29. The van der Waals surface area contributed by atoms with Crippen molar-refractivity contribution in [3.8, 4) is 11.1 Å². The lowest BCUT2D eigenvalue weighted by atomic mass is 10.0. The molecule has 9 heteroatoms. The molecule has 0 saturated carbocycles. The number of nitrogens with zero attached hydrogens (tertiary/aromatic N) is 5. The van der Waals surface area contributed by atoms with E-state index in [1.165, 1.54) is 5.56 Å². The van der Waals surface area contributed by atoms with Gasteiger partial charge in [-0.25, -0.2) is 18.4 Å². The van der Waals surface area contributed by atoms with Crippen LogP contribution < -0.4 is 4.90 Å². The molecule has 0 spiro atoms. The lowest BCUT2D eigenvalue weighted by Gasteiger charge is -2.20. The van der Waals surface area contributed by atoms with Gasteiger partial charge in [0.05, 0.1) is 28.6 Å². The molecule has 0 bridgehead atoms. The van der Waals surface area contributed by atoms with Gasteiger partial charge in [-0.15, -0.1) is 11.3 Å². The normalized spacial score (nSPS) is 17.6. The van der Waals surface area contributed by atoms with E-state index in [0.29, 0.717) is 13.0 Å². The molecule has 1 fully saturated rings. The summed E-state index contributed by atoms with van der Waals surface area (Å²) in [7, 11) is -0.933. The average Bonchev–Trinajstić information content (AvgIpc) is 3.45. The maximum absolute atomic E-state index is 12.0. The van der Waals surface area contributed by atoms with Crippen LogP contribution in [0.3, 0.4) is 0 Å². The van der Waals surface area contributed by atoms with Crippen molar-refractivity contribution >= 4 is 37.2 Å². The van der Waals surface area contributed by atoms with Gasteiger partial charge in [-0.3, -0.25) is 4.68 Å². The molecule has 1 saturated heterocycles. The fraction of sp³-hybridized carbons (Fsp3) is 0.375. The number of aryl methyl sites for hydroxylation is 2. The number of thiophene rings is 1. The molecule has 7 nitrogen and oxygen atoms in total. The van der Waals surface area contributed by atoms with Gasteiger partial charge in [0, 0.05) is 35.8 Å². The number of rotatable bonds is 5. The molecule has 3 aromatic heterocycles. The smallest absolute Gasteiger partial charge is 0.152 e. The molecule has 1 aliphatic heterocycles. The summed E-state index contributed by atoms with van der Waals surface area (Å²) < 4.78 is 25.9. The third-order valence-electron chi connectivity index (χ3n) is 6.50. The topological polar surface area (TPSA) is 81.0 Å². The minimum atomic E-state index is -2.97. The van der Waals surface area contributed by atoms with E-state index >= 15 is 0 Å². The van der Waals surface area contributed by atoms with E-state index in [-0.39, 0.29) is 17.5 Å². The van der Waals surface area contributed by atoms with E-state index in [0.717, 1.165) is 44.1 Å². The highest BCUT2D eigenvalue weighted by atomic mass is 32.2. The molecule has 0 radical (unpaired) electrons. The van der Waals surface area contributed by atoms with Gasteiger partial charge in [0.25, 0.3) is 0 Å². The summed E-state index contributed by atoms with van der Waals surface area (Å²) in [6.07, 6.45) is 2.25. The number of benzene rings is 1. The highest BCUT2D eigenvalue weighted by Gasteiger charge is 2.31. The number of hydrogen-bond donors (Lipinski definition) is 0. The van der Waals surface area contributed by atoms with Crippen LogP contribution in [-0.4, -0.2) is 46.7 Å². The molecule has 1 aromatic carbocycles. The molecule has 0 N–H and O–H groups in total. The zero-order valence-corrected chi connectivity index (χ0v) is 20.9. The number of hydrogen-bond acceptors (Lipinski definition) is 7. The summed E-state index contributed by atoms with van der Waals surface area (Å²) in [6, 6.07) is 8.44. The lowest BCUT2D eigenvalue weighted by molar-refractivity contribution is 0.485. The molecular formula is C24H27N5O2S2. The van der Waals surface area contributed by atoms with E-state index in [1.807, 2.05) is 25.6 Å². The first kappa shape index (κ1) is 22.0. The lowest BCUT2D eigenvalue weighted by Crippen LogP contribution is -2.19. The third-order valence-corrected chi connectivity index (χ3v) is 9.14. The van der Waals surface area contributed by atoms with Crippen LogP contribution in [-0.2, 0) is 16.4 Å². The summed E-state index contributed by atoms with van der Waals surface area (Å²) in [5, 5.41) is 7.93. The van der Waals surface area contributed by atoms with Crippen LogP contribution in [0.4, 0.5) is 5.82 Å². The molecular weight excluding hydrogens is 454 g/mol. The van der Waals surface area contributed by atoms with Crippen LogP contribution in [0.15, 0.2) is 36.0 Å². The highest BCUT2D eigenvalue weighted by molar-refractivity contribution is 7.91. The molecule has 0 unspecified atom stereocenters. The zero-order chi connectivity index (χ0) is 23.3. The maximum atomic E-state index is 12.0. The van der Waals surface area contributed by atoms with Crippen molar-refractivity contribution in [2.75, 3.05) is 23.5 Å². The minimum absolute atomic E-state index is 0.0801. The van der Waals surface area contributed by atoms with Crippen molar-refractivity contribution < 1.29 is 8.42 Å². The van der Waals surface area contributed by atoms with E-state index in [4.69, 9.17) is 5.10 Å². The average molecular weight is 482 g/mol. The Morgan fingerprint density at radius 1 is 1.15 bits per heavy atom. The number of anilines is 1. The van der Waals surface area contributed by atoms with Crippen molar-refractivity contribution in [2.45, 2.75) is 39.8 Å². The van der Waals surface area contributed by atoms with E-state index in [9.17, 15) is 8.42 Å². The Morgan fingerprint density at radius 2 is 1.91 bits per heavy atom. The van der Waals surface area contributed by atoms with Gasteiger partial charge in [0.1, 0.15) is 17.0 Å². The number of fused-ring (bicyclic) bond motifs is 1. The van der Waals surface area contributed by atoms with Crippen molar-refractivity contribution in [2.24, 2.45) is 0 Å². The maximum Gasteiger partial charge on any atom is 0.152 e. The van der Waals surface area contributed by atoms with Gasteiger partial charge < -0.3 is 4.90 Å². The molecule has 172 valence electrons. The molecule has 33 heavy (non-hydrogen) atoms. The number of aromatic nitrogens is 4. The second kappa shape index (κ2) is 8.22. The number of sulfone groups is 1. The second-order valence-corrected chi connectivity index (χ2v) is 12.0. The van der Waals surface area contributed by atoms with E-state index < -0.39 is 9.84 Å². The van der Waals surface area contributed by atoms with Crippen LogP contribution >= 0.6 is 11.3 Å². The molecule has 1 atom stereocenters. The van der Waals surface area contributed by atoms with Gasteiger partial charge in [-0.2, -0.15) is 5.10 Å². The van der Waals surface area contributed by atoms with Gasteiger partial charge in [0.2, 0.25) is 0 Å². The van der Waals surface area contributed by atoms with Crippen LogP contribution in [0, 0.1) is 20.8 Å². The van der Waals surface area contributed by atoms with Gasteiger partial charge in [0.15, 0.2) is 9.84 Å².